The molecule has 3 atom stereocenters. The number of ether oxygens (including phenoxy) is 2. The molecule has 2 saturated carbocycles. The van der Waals surface area contributed by atoms with Gasteiger partial charge in [-0.15, -0.1) is 0 Å². The van der Waals surface area contributed by atoms with Gasteiger partial charge in [0.25, 0.3) is 0 Å². The van der Waals surface area contributed by atoms with Gasteiger partial charge in [-0.2, -0.15) is 0 Å². The van der Waals surface area contributed by atoms with Crippen LogP contribution < -0.4 is 5.32 Å². The SMILES string of the molecule is CO[C@@H](C(=O)N[C@H]1CCC[C@H]1OC)C1CC1. The summed E-state index contributed by atoms with van der Waals surface area (Å²) in [5, 5.41) is 3.06. The Morgan fingerprint density at radius 3 is 2.56 bits per heavy atom. The van der Waals surface area contributed by atoms with E-state index in [1.807, 2.05) is 0 Å². The third-order valence-corrected chi connectivity index (χ3v) is 3.65. The van der Waals surface area contributed by atoms with Crippen LogP contribution in [0, 0.1) is 5.92 Å². The van der Waals surface area contributed by atoms with Gasteiger partial charge >= 0.3 is 0 Å². The first kappa shape index (κ1) is 11.9. The lowest BCUT2D eigenvalue weighted by molar-refractivity contribution is -0.133. The number of hydrogen-bond donors (Lipinski definition) is 1. The maximum absolute atomic E-state index is 12.0. The standard InChI is InChI=1S/C12H21NO3/c1-15-10-5-3-4-9(10)13-12(14)11(16-2)8-6-7-8/h8-11H,3-7H2,1-2H3,(H,13,14)/t9-,10+,11+/m0/s1. The summed E-state index contributed by atoms with van der Waals surface area (Å²) in [4.78, 5) is 12.0. The number of methoxy groups -OCH3 is 2. The van der Waals surface area contributed by atoms with Crippen LogP contribution in [0.3, 0.4) is 0 Å². The summed E-state index contributed by atoms with van der Waals surface area (Å²) < 4.78 is 10.6. The average Bonchev–Trinajstić information content (AvgIpc) is 3.00. The van der Waals surface area contributed by atoms with Crippen LogP contribution in [0.15, 0.2) is 0 Å². The Labute approximate surface area is 96.7 Å². The molecule has 2 fully saturated rings. The first-order valence-electron chi connectivity index (χ1n) is 6.12. The molecule has 4 heteroatoms. The smallest absolute Gasteiger partial charge is 0.249 e. The van der Waals surface area contributed by atoms with Crippen LogP contribution in [0.5, 0.6) is 0 Å². The zero-order chi connectivity index (χ0) is 11.5. The number of carbonyl (C=O) groups excluding carboxylic acids is 1. The largest absolute Gasteiger partial charge is 0.379 e. The fraction of sp³-hybridized carbons (Fsp3) is 0.917. The fourth-order valence-electron chi connectivity index (χ4n) is 2.55. The second-order valence-electron chi connectivity index (χ2n) is 4.81. The van der Waals surface area contributed by atoms with E-state index in [-0.39, 0.29) is 24.2 Å². The third-order valence-electron chi connectivity index (χ3n) is 3.65. The zero-order valence-electron chi connectivity index (χ0n) is 10.1. The molecule has 1 N–H and O–H groups in total. The predicted molar refractivity (Wildman–Crippen MR) is 60.1 cm³/mol. The molecule has 0 unspecified atom stereocenters. The molecule has 16 heavy (non-hydrogen) atoms. The normalized spacial score (nSPS) is 31.4. The molecule has 0 aromatic rings. The van der Waals surface area contributed by atoms with Gasteiger partial charge in [-0.25, -0.2) is 0 Å². The van der Waals surface area contributed by atoms with Gasteiger partial charge in [0.05, 0.1) is 12.1 Å². The Morgan fingerprint density at radius 1 is 1.25 bits per heavy atom. The second kappa shape index (κ2) is 5.15. The number of amides is 1. The molecule has 0 saturated heterocycles. The highest BCUT2D eigenvalue weighted by Gasteiger charge is 2.38. The van der Waals surface area contributed by atoms with Crippen molar-refractivity contribution in [2.24, 2.45) is 5.92 Å². The van der Waals surface area contributed by atoms with Crippen LogP contribution in [0.25, 0.3) is 0 Å². The summed E-state index contributed by atoms with van der Waals surface area (Å²) in [5.74, 6) is 0.478. The highest BCUT2D eigenvalue weighted by molar-refractivity contribution is 5.81. The van der Waals surface area contributed by atoms with E-state index in [9.17, 15) is 4.79 Å². The lowest BCUT2D eigenvalue weighted by Crippen LogP contribution is -2.46. The summed E-state index contributed by atoms with van der Waals surface area (Å²) in [6, 6.07) is 0.175. The van der Waals surface area contributed by atoms with E-state index in [4.69, 9.17) is 9.47 Å². The van der Waals surface area contributed by atoms with Crippen LogP contribution in [0.4, 0.5) is 0 Å². The Balaban J connectivity index is 1.85. The molecule has 0 heterocycles. The maximum Gasteiger partial charge on any atom is 0.249 e. The predicted octanol–water partition coefficient (Wildman–Crippen LogP) is 1.10. The molecule has 0 aliphatic heterocycles. The molecule has 4 nitrogen and oxygen atoms in total. The van der Waals surface area contributed by atoms with Crippen LogP contribution in [-0.4, -0.2) is 38.4 Å². The van der Waals surface area contributed by atoms with E-state index in [1.165, 1.54) is 0 Å². The van der Waals surface area contributed by atoms with Crippen molar-refractivity contribution < 1.29 is 14.3 Å². The fourth-order valence-corrected chi connectivity index (χ4v) is 2.55. The van der Waals surface area contributed by atoms with Crippen molar-refractivity contribution in [1.29, 1.82) is 0 Å². The lowest BCUT2D eigenvalue weighted by Gasteiger charge is -2.22. The van der Waals surface area contributed by atoms with Crippen molar-refractivity contribution in [1.82, 2.24) is 5.32 Å². The number of hydrogen-bond acceptors (Lipinski definition) is 3. The van der Waals surface area contributed by atoms with E-state index in [1.54, 1.807) is 14.2 Å². The Morgan fingerprint density at radius 2 is 2.00 bits per heavy atom. The van der Waals surface area contributed by atoms with Gasteiger partial charge in [-0.1, -0.05) is 0 Å². The quantitative estimate of drug-likeness (QED) is 0.765. The molecule has 0 aromatic carbocycles. The Kier molecular flexibility index (Phi) is 3.82. The summed E-state index contributed by atoms with van der Waals surface area (Å²) in [5.41, 5.74) is 0. The van der Waals surface area contributed by atoms with Crippen LogP contribution >= 0.6 is 0 Å². The molecular weight excluding hydrogens is 206 g/mol. The average molecular weight is 227 g/mol. The Bertz CT molecular complexity index is 253. The molecule has 2 aliphatic rings. The zero-order valence-corrected chi connectivity index (χ0v) is 10.1. The van der Waals surface area contributed by atoms with Crippen molar-refractivity contribution >= 4 is 5.91 Å². The van der Waals surface area contributed by atoms with Crippen LogP contribution in [0.1, 0.15) is 32.1 Å². The molecule has 0 radical (unpaired) electrons. The molecule has 92 valence electrons. The summed E-state index contributed by atoms with van der Waals surface area (Å²) in [6.45, 7) is 0. The van der Waals surface area contributed by atoms with Gasteiger partial charge in [0.1, 0.15) is 6.10 Å². The van der Waals surface area contributed by atoms with Crippen LogP contribution in [-0.2, 0) is 14.3 Å². The monoisotopic (exact) mass is 227 g/mol. The van der Waals surface area contributed by atoms with E-state index in [0.717, 1.165) is 32.1 Å². The minimum atomic E-state index is -0.252. The summed E-state index contributed by atoms with van der Waals surface area (Å²) >= 11 is 0. The maximum atomic E-state index is 12.0. The molecule has 0 bridgehead atoms. The summed E-state index contributed by atoms with van der Waals surface area (Å²) in [7, 11) is 3.33. The van der Waals surface area contributed by atoms with E-state index < -0.39 is 0 Å². The van der Waals surface area contributed by atoms with Gasteiger partial charge < -0.3 is 14.8 Å². The minimum absolute atomic E-state index is 0.0407. The van der Waals surface area contributed by atoms with E-state index in [2.05, 4.69) is 5.32 Å². The number of nitrogens with one attached hydrogen (secondary N) is 1. The van der Waals surface area contributed by atoms with Gasteiger partial charge in [-0.3, -0.25) is 4.79 Å². The van der Waals surface area contributed by atoms with Crippen LogP contribution in [0.2, 0.25) is 0 Å². The van der Waals surface area contributed by atoms with Gasteiger partial charge in [0.15, 0.2) is 0 Å². The molecule has 2 rings (SSSR count). The van der Waals surface area contributed by atoms with Crippen molar-refractivity contribution in [3.8, 4) is 0 Å². The highest BCUT2D eigenvalue weighted by atomic mass is 16.5. The summed E-state index contributed by atoms with van der Waals surface area (Å²) in [6.07, 6.45) is 5.35. The first-order chi connectivity index (χ1) is 7.76. The number of carbonyl (C=O) groups is 1. The molecule has 0 aromatic heterocycles. The number of rotatable bonds is 5. The first-order valence-corrected chi connectivity index (χ1v) is 6.12. The minimum Gasteiger partial charge on any atom is -0.379 e. The van der Waals surface area contributed by atoms with E-state index >= 15 is 0 Å². The van der Waals surface area contributed by atoms with Crippen molar-refractivity contribution in [2.75, 3.05) is 14.2 Å². The van der Waals surface area contributed by atoms with Gasteiger partial charge in [-0.05, 0) is 38.0 Å². The highest BCUT2D eigenvalue weighted by Crippen LogP contribution is 2.34. The topological polar surface area (TPSA) is 47.6 Å². The molecular formula is C12H21NO3. The lowest BCUT2D eigenvalue weighted by atomic mass is 10.1. The van der Waals surface area contributed by atoms with Crippen molar-refractivity contribution in [3.05, 3.63) is 0 Å². The molecule has 0 spiro atoms. The second-order valence-corrected chi connectivity index (χ2v) is 4.81. The Hall–Kier alpha value is -0.610. The molecule has 2 aliphatic carbocycles. The molecule has 1 amide bonds. The van der Waals surface area contributed by atoms with Crippen molar-refractivity contribution in [2.45, 2.75) is 50.4 Å². The van der Waals surface area contributed by atoms with E-state index in [0.29, 0.717) is 5.92 Å². The van der Waals surface area contributed by atoms with Gasteiger partial charge in [0.2, 0.25) is 5.91 Å². The van der Waals surface area contributed by atoms with Gasteiger partial charge in [0, 0.05) is 14.2 Å². The van der Waals surface area contributed by atoms with Crippen molar-refractivity contribution in [3.63, 3.8) is 0 Å². The third kappa shape index (κ3) is 2.55.